The average molecular weight is 255 g/mol. The minimum atomic E-state index is -0.0661. The van der Waals surface area contributed by atoms with Gasteiger partial charge in [-0.1, -0.05) is 25.1 Å². The molecule has 0 atom stereocenters. The Bertz CT molecular complexity index is 585. The topological polar surface area (TPSA) is 57.8 Å². The first-order chi connectivity index (χ1) is 9.20. The minimum absolute atomic E-state index is 0.0661. The van der Waals surface area contributed by atoms with Gasteiger partial charge in [0.15, 0.2) is 0 Å². The Morgan fingerprint density at radius 2 is 2.26 bits per heavy atom. The predicted octanol–water partition coefficient (Wildman–Crippen LogP) is 3.37. The molecule has 0 unspecified atom stereocenters. The van der Waals surface area contributed by atoms with Gasteiger partial charge < -0.3 is 5.32 Å². The molecule has 1 amide bonds. The van der Waals surface area contributed by atoms with Crippen molar-refractivity contribution in [3.05, 3.63) is 48.2 Å². The number of H-pyrrole nitrogens is 1. The van der Waals surface area contributed by atoms with Crippen molar-refractivity contribution in [2.45, 2.75) is 20.3 Å². The van der Waals surface area contributed by atoms with Crippen molar-refractivity contribution in [2.24, 2.45) is 0 Å². The standard InChI is InChI=1S/C15H17N3O/c1-3-5-11(2)15(19)17-13-7-4-6-12(10-13)14-8-9-16-18-14/h4-10H,3H2,1-2H3,(H,16,18)(H,17,19). The van der Waals surface area contributed by atoms with Gasteiger partial charge in [-0.15, -0.1) is 0 Å². The first kappa shape index (κ1) is 13.1. The normalized spacial score (nSPS) is 11.4. The molecule has 0 fully saturated rings. The predicted molar refractivity (Wildman–Crippen MR) is 76.7 cm³/mol. The highest BCUT2D eigenvalue weighted by Crippen LogP contribution is 2.20. The van der Waals surface area contributed by atoms with Crippen LogP contribution in [0.3, 0.4) is 0 Å². The zero-order valence-corrected chi connectivity index (χ0v) is 11.1. The number of nitrogens with zero attached hydrogens (tertiary/aromatic N) is 1. The first-order valence-corrected chi connectivity index (χ1v) is 6.28. The number of carbonyl (C=O) groups is 1. The number of aromatic nitrogens is 2. The molecule has 1 heterocycles. The second-order valence-corrected chi connectivity index (χ2v) is 4.30. The van der Waals surface area contributed by atoms with Gasteiger partial charge in [-0.25, -0.2) is 0 Å². The van der Waals surface area contributed by atoms with Gasteiger partial charge in [0.05, 0.1) is 5.69 Å². The Balaban J connectivity index is 2.16. The number of hydrogen-bond donors (Lipinski definition) is 2. The Hall–Kier alpha value is -2.36. The van der Waals surface area contributed by atoms with Crippen LogP contribution in [0.15, 0.2) is 48.2 Å². The van der Waals surface area contributed by atoms with E-state index in [4.69, 9.17) is 0 Å². The second-order valence-electron chi connectivity index (χ2n) is 4.30. The summed E-state index contributed by atoms with van der Waals surface area (Å²) in [5.74, 6) is -0.0661. The average Bonchev–Trinajstić information content (AvgIpc) is 2.93. The van der Waals surface area contributed by atoms with E-state index in [0.717, 1.165) is 28.9 Å². The van der Waals surface area contributed by atoms with Crippen LogP contribution >= 0.6 is 0 Å². The summed E-state index contributed by atoms with van der Waals surface area (Å²) < 4.78 is 0. The number of hydrogen-bond acceptors (Lipinski definition) is 2. The second kappa shape index (κ2) is 6.00. The molecular weight excluding hydrogens is 238 g/mol. The van der Waals surface area contributed by atoms with Crippen LogP contribution in [0, 0.1) is 0 Å². The lowest BCUT2D eigenvalue weighted by Gasteiger charge is -2.07. The maximum atomic E-state index is 11.9. The largest absolute Gasteiger partial charge is 0.322 e. The van der Waals surface area contributed by atoms with E-state index in [2.05, 4.69) is 15.5 Å². The molecular formula is C15H17N3O. The molecule has 4 nitrogen and oxygen atoms in total. The summed E-state index contributed by atoms with van der Waals surface area (Å²) in [7, 11) is 0. The fourth-order valence-corrected chi connectivity index (χ4v) is 1.81. The molecule has 1 aromatic carbocycles. The van der Waals surface area contributed by atoms with Crippen LogP contribution in [0.5, 0.6) is 0 Å². The number of aromatic amines is 1. The summed E-state index contributed by atoms with van der Waals surface area (Å²) in [6, 6.07) is 9.56. The van der Waals surface area contributed by atoms with Gasteiger partial charge in [0, 0.05) is 23.0 Å². The van der Waals surface area contributed by atoms with Gasteiger partial charge in [-0.05, 0) is 31.5 Å². The number of nitrogens with one attached hydrogen (secondary N) is 2. The van der Waals surface area contributed by atoms with Crippen LogP contribution in [-0.4, -0.2) is 16.1 Å². The lowest BCUT2D eigenvalue weighted by atomic mass is 10.1. The van der Waals surface area contributed by atoms with E-state index < -0.39 is 0 Å². The molecule has 0 aliphatic rings. The maximum Gasteiger partial charge on any atom is 0.250 e. The molecule has 0 spiro atoms. The highest BCUT2D eigenvalue weighted by atomic mass is 16.1. The molecule has 4 heteroatoms. The maximum absolute atomic E-state index is 11.9. The molecule has 0 bridgehead atoms. The molecule has 0 radical (unpaired) electrons. The van der Waals surface area contributed by atoms with Crippen LogP contribution < -0.4 is 5.32 Å². The molecule has 2 rings (SSSR count). The van der Waals surface area contributed by atoms with Crippen molar-refractivity contribution in [2.75, 3.05) is 5.32 Å². The first-order valence-electron chi connectivity index (χ1n) is 6.28. The SMILES string of the molecule is CCC=C(C)C(=O)Nc1cccc(-c2ccn[nH]2)c1. The number of carbonyl (C=O) groups excluding carboxylic acids is 1. The van der Waals surface area contributed by atoms with Crippen LogP contribution in [0.2, 0.25) is 0 Å². The van der Waals surface area contributed by atoms with Gasteiger partial charge in [0.2, 0.25) is 0 Å². The summed E-state index contributed by atoms with van der Waals surface area (Å²) >= 11 is 0. The monoisotopic (exact) mass is 255 g/mol. The minimum Gasteiger partial charge on any atom is -0.322 e. The zero-order chi connectivity index (χ0) is 13.7. The molecule has 0 saturated heterocycles. The van der Waals surface area contributed by atoms with E-state index in [9.17, 15) is 4.79 Å². The van der Waals surface area contributed by atoms with Gasteiger partial charge in [-0.3, -0.25) is 9.89 Å². The summed E-state index contributed by atoms with van der Waals surface area (Å²) in [6.07, 6.45) is 4.47. The van der Waals surface area contributed by atoms with Crippen LogP contribution in [-0.2, 0) is 4.79 Å². The molecule has 0 aliphatic carbocycles. The third-order valence-corrected chi connectivity index (χ3v) is 2.80. The molecule has 98 valence electrons. The van der Waals surface area contributed by atoms with Gasteiger partial charge in [0.25, 0.3) is 5.91 Å². The molecule has 2 aromatic rings. The van der Waals surface area contributed by atoms with Crippen LogP contribution in [0.4, 0.5) is 5.69 Å². The van der Waals surface area contributed by atoms with E-state index in [-0.39, 0.29) is 5.91 Å². The quantitative estimate of drug-likeness (QED) is 0.823. The van der Waals surface area contributed by atoms with E-state index in [1.807, 2.05) is 50.3 Å². The smallest absolute Gasteiger partial charge is 0.250 e. The number of anilines is 1. The Kier molecular flexibility index (Phi) is 4.13. The van der Waals surface area contributed by atoms with Gasteiger partial charge in [0.1, 0.15) is 0 Å². The highest BCUT2D eigenvalue weighted by Gasteiger charge is 2.05. The molecule has 1 aromatic heterocycles. The third kappa shape index (κ3) is 3.31. The highest BCUT2D eigenvalue weighted by molar-refractivity contribution is 6.03. The molecule has 0 saturated carbocycles. The zero-order valence-electron chi connectivity index (χ0n) is 11.1. The lowest BCUT2D eigenvalue weighted by Crippen LogP contribution is -2.12. The summed E-state index contributed by atoms with van der Waals surface area (Å²) in [5.41, 5.74) is 3.43. The Morgan fingerprint density at radius 3 is 2.95 bits per heavy atom. The Morgan fingerprint density at radius 1 is 1.42 bits per heavy atom. The third-order valence-electron chi connectivity index (χ3n) is 2.80. The summed E-state index contributed by atoms with van der Waals surface area (Å²) in [5, 5.41) is 9.71. The van der Waals surface area contributed by atoms with Crippen molar-refractivity contribution < 1.29 is 4.79 Å². The van der Waals surface area contributed by atoms with Crippen molar-refractivity contribution in [3.8, 4) is 11.3 Å². The van der Waals surface area contributed by atoms with E-state index in [1.54, 1.807) is 6.20 Å². The van der Waals surface area contributed by atoms with Crippen LogP contribution in [0.25, 0.3) is 11.3 Å². The van der Waals surface area contributed by atoms with E-state index in [1.165, 1.54) is 0 Å². The van der Waals surface area contributed by atoms with E-state index in [0.29, 0.717) is 0 Å². The van der Waals surface area contributed by atoms with Crippen molar-refractivity contribution in [3.63, 3.8) is 0 Å². The molecule has 2 N–H and O–H groups in total. The fraction of sp³-hybridized carbons (Fsp3) is 0.200. The number of allylic oxidation sites excluding steroid dienone is 1. The number of benzene rings is 1. The summed E-state index contributed by atoms with van der Waals surface area (Å²) in [6.45, 7) is 3.83. The van der Waals surface area contributed by atoms with Crippen molar-refractivity contribution in [1.82, 2.24) is 10.2 Å². The Labute approximate surface area is 112 Å². The summed E-state index contributed by atoms with van der Waals surface area (Å²) in [4.78, 5) is 11.9. The van der Waals surface area contributed by atoms with Gasteiger partial charge in [-0.2, -0.15) is 5.10 Å². The fourth-order valence-electron chi connectivity index (χ4n) is 1.81. The molecule has 19 heavy (non-hydrogen) atoms. The lowest BCUT2D eigenvalue weighted by molar-refractivity contribution is -0.112. The van der Waals surface area contributed by atoms with Crippen molar-refractivity contribution in [1.29, 1.82) is 0 Å². The number of amides is 1. The number of rotatable bonds is 4. The molecule has 0 aliphatic heterocycles. The van der Waals surface area contributed by atoms with Crippen molar-refractivity contribution >= 4 is 11.6 Å². The van der Waals surface area contributed by atoms with E-state index >= 15 is 0 Å². The van der Waals surface area contributed by atoms with Gasteiger partial charge >= 0.3 is 0 Å². The van der Waals surface area contributed by atoms with Crippen LogP contribution in [0.1, 0.15) is 20.3 Å².